The van der Waals surface area contributed by atoms with Gasteiger partial charge < -0.3 is 10.2 Å². The molecule has 0 spiro atoms. The first-order chi connectivity index (χ1) is 9.76. The highest BCUT2D eigenvalue weighted by molar-refractivity contribution is 7.92. The molecule has 0 aliphatic rings. The molecule has 0 radical (unpaired) electrons. The van der Waals surface area contributed by atoms with Gasteiger partial charge in [0.15, 0.2) is 0 Å². The summed E-state index contributed by atoms with van der Waals surface area (Å²) < 4.78 is 33.0. The number of hydrogen-bond acceptors (Lipinski definition) is 4. The number of halogens is 1. The lowest BCUT2D eigenvalue weighted by Crippen LogP contribution is -2.16. The predicted molar refractivity (Wildman–Crippen MR) is 83.1 cm³/mol. The summed E-state index contributed by atoms with van der Waals surface area (Å²) in [5.74, 6) is 0.830. The molecule has 1 aromatic carbocycles. The SMILES string of the molecule is Cc1ccc(NS(=O)(=O)c2c(C)oc(C)c2CN)cc1Cl. The van der Waals surface area contributed by atoms with E-state index in [0.29, 0.717) is 27.8 Å². The number of furan rings is 1. The van der Waals surface area contributed by atoms with Crippen molar-refractivity contribution < 1.29 is 12.8 Å². The van der Waals surface area contributed by atoms with Crippen LogP contribution in [0.5, 0.6) is 0 Å². The highest BCUT2D eigenvalue weighted by Gasteiger charge is 2.26. The van der Waals surface area contributed by atoms with Gasteiger partial charge in [0.2, 0.25) is 0 Å². The van der Waals surface area contributed by atoms with Crippen LogP contribution in [0.1, 0.15) is 22.6 Å². The van der Waals surface area contributed by atoms with Crippen LogP contribution in [0, 0.1) is 20.8 Å². The maximum absolute atomic E-state index is 12.5. The van der Waals surface area contributed by atoms with E-state index >= 15 is 0 Å². The summed E-state index contributed by atoms with van der Waals surface area (Å²) >= 11 is 6.01. The highest BCUT2D eigenvalue weighted by atomic mass is 35.5. The van der Waals surface area contributed by atoms with Crippen molar-refractivity contribution in [3.8, 4) is 0 Å². The molecule has 0 saturated heterocycles. The summed E-state index contributed by atoms with van der Waals surface area (Å²) in [6, 6.07) is 4.97. The fourth-order valence-corrected chi connectivity index (χ4v) is 3.85. The third kappa shape index (κ3) is 3.07. The average Bonchev–Trinajstić information content (AvgIpc) is 2.68. The molecular formula is C14H17ClN2O3S. The molecule has 0 fully saturated rings. The van der Waals surface area contributed by atoms with Gasteiger partial charge in [-0.2, -0.15) is 0 Å². The average molecular weight is 329 g/mol. The van der Waals surface area contributed by atoms with Crippen LogP contribution in [-0.4, -0.2) is 8.42 Å². The van der Waals surface area contributed by atoms with Gasteiger partial charge in [0.05, 0.1) is 5.69 Å². The Kier molecular flexibility index (Phi) is 4.32. The fourth-order valence-electron chi connectivity index (χ4n) is 2.16. The van der Waals surface area contributed by atoms with E-state index in [1.54, 1.807) is 32.0 Å². The lowest BCUT2D eigenvalue weighted by Gasteiger charge is -2.10. The molecule has 0 bridgehead atoms. The first kappa shape index (κ1) is 15.9. The van der Waals surface area contributed by atoms with E-state index in [0.717, 1.165) is 5.56 Å². The zero-order chi connectivity index (χ0) is 15.8. The molecule has 0 aliphatic heterocycles. The largest absolute Gasteiger partial charge is 0.465 e. The minimum atomic E-state index is -3.78. The molecule has 1 aromatic heterocycles. The third-order valence-corrected chi connectivity index (χ3v) is 5.20. The van der Waals surface area contributed by atoms with E-state index in [1.165, 1.54) is 0 Å². The molecule has 2 aromatic rings. The number of hydrogen-bond donors (Lipinski definition) is 2. The van der Waals surface area contributed by atoms with Crippen molar-refractivity contribution in [1.82, 2.24) is 0 Å². The zero-order valence-corrected chi connectivity index (χ0v) is 13.6. The molecule has 0 atom stereocenters. The van der Waals surface area contributed by atoms with Crippen molar-refractivity contribution in [2.75, 3.05) is 4.72 Å². The third-order valence-electron chi connectivity index (χ3n) is 3.22. The molecule has 2 rings (SSSR count). The Hall–Kier alpha value is -1.50. The van der Waals surface area contributed by atoms with Crippen molar-refractivity contribution in [3.05, 3.63) is 45.9 Å². The van der Waals surface area contributed by atoms with Gasteiger partial charge in [-0.15, -0.1) is 0 Å². The molecule has 3 N–H and O–H groups in total. The molecule has 0 unspecified atom stereocenters. The first-order valence-corrected chi connectivity index (χ1v) is 8.20. The summed E-state index contributed by atoms with van der Waals surface area (Å²) in [5, 5.41) is 0.495. The molecule has 0 saturated carbocycles. The normalized spacial score (nSPS) is 11.7. The number of nitrogens with two attached hydrogens (primary N) is 1. The van der Waals surface area contributed by atoms with Gasteiger partial charge in [0, 0.05) is 17.1 Å². The Morgan fingerprint density at radius 1 is 1.24 bits per heavy atom. The summed E-state index contributed by atoms with van der Waals surface area (Å²) in [6.07, 6.45) is 0. The van der Waals surface area contributed by atoms with Crippen LogP contribution in [-0.2, 0) is 16.6 Å². The van der Waals surface area contributed by atoms with E-state index < -0.39 is 10.0 Å². The molecule has 0 aliphatic carbocycles. The van der Waals surface area contributed by atoms with Crippen LogP contribution in [0.2, 0.25) is 5.02 Å². The highest BCUT2D eigenvalue weighted by Crippen LogP contribution is 2.29. The number of sulfonamides is 1. The fraction of sp³-hybridized carbons (Fsp3) is 0.286. The predicted octanol–water partition coefficient (Wildman–Crippen LogP) is 3.12. The van der Waals surface area contributed by atoms with Crippen molar-refractivity contribution in [3.63, 3.8) is 0 Å². The Labute approximate surface area is 129 Å². The lowest BCUT2D eigenvalue weighted by molar-refractivity contribution is 0.494. The monoisotopic (exact) mass is 328 g/mol. The van der Waals surface area contributed by atoms with E-state index in [1.807, 2.05) is 6.92 Å². The van der Waals surface area contributed by atoms with E-state index in [9.17, 15) is 8.42 Å². The van der Waals surface area contributed by atoms with Gasteiger partial charge in [0.25, 0.3) is 10.0 Å². The summed E-state index contributed by atoms with van der Waals surface area (Å²) in [5.41, 5.74) is 7.38. The number of anilines is 1. The van der Waals surface area contributed by atoms with Crippen molar-refractivity contribution in [2.24, 2.45) is 5.73 Å². The standard InChI is InChI=1S/C14H17ClN2O3S/c1-8-4-5-11(6-13(8)15)17-21(18,19)14-10(3)20-9(2)12(14)7-16/h4-6,17H,7,16H2,1-3H3. The Morgan fingerprint density at radius 2 is 1.90 bits per heavy atom. The van der Waals surface area contributed by atoms with Crippen LogP contribution >= 0.6 is 11.6 Å². The van der Waals surface area contributed by atoms with Crippen LogP contribution < -0.4 is 10.5 Å². The number of nitrogens with one attached hydrogen (secondary N) is 1. The van der Waals surface area contributed by atoms with Gasteiger partial charge in [-0.25, -0.2) is 8.42 Å². The Morgan fingerprint density at radius 3 is 2.48 bits per heavy atom. The summed E-state index contributed by atoms with van der Waals surface area (Å²) in [6.45, 7) is 5.23. The van der Waals surface area contributed by atoms with Gasteiger partial charge in [-0.3, -0.25) is 4.72 Å². The Bertz CT molecular complexity index is 782. The van der Waals surface area contributed by atoms with E-state index in [-0.39, 0.29) is 11.4 Å². The number of rotatable bonds is 4. The van der Waals surface area contributed by atoms with Gasteiger partial charge >= 0.3 is 0 Å². The summed E-state index contributed by atoms with van der Waals surface area (Å²) in [7, 11) is -3.78. The van der Waals surface area contributed by atoms with Gasteiger partial charge in [0.1, 0.15) is 16.4 Å². The van der Waals surface area contributed by atoms with Crippen LogP contribution in [0.4, 0.5) is 5.69 Å². The van der Waals surface area contributed by atoms with Crippen LogP contribution in [0.15, 0.2) is 27.5 Å². The maximum atomic E-state index is 12.5. The van der Waals surface area contributed by atoms with Gasteiger partial charge in [-0.1, -0.05) is 17.7 Å². The second-order valence-corrected chi connectivity index (χ2v) is 6.82. The maximum Gasteiger partial charge on any atom is 0.265 e. The quantitative estimate of drug-likeness (QED) is 0.903. The van der Waals surface area contributed by atoms with Gasteiger partial charge in [-0.05, 0) is 38.5 Å². The van der Waals surface area contributed by atoms with Crippen LogP contribution in [0.3, 0.4) is 0 Å². The molecular weight excluding hydrogens is 312 g/mol. The molecule has 1 heterocycles. The minimum absolute atomic E-state index is 0.0913. The molecule has 7 heteroatoms. The first-order valence-electron chi connectivity index (χ1n) is 6.34. The van der Waals surface area contributed by atoms with Crippen LogP contribution in [0.25, 0.3) is 0 Å². The minimum Gasteiger partial charge on any atom is -0.465 e. The topological polar surface area (TPSA) is 85.3 Å². The second-order valence-electron chi connectivity index (χ2n) is 4.80. The molecule has 5 nitrogen and oxygen atoms in total. The van der Waals surface area contributed by atoms with Crippen molar-refractivity contribution >= 4 is 27.3 Å². The molecule has 21 heavy (non-hydrogen) atoms. The smallest absolute Gasteiger partial charge is 0.265 e. The molecule has 0 amide bonds. The zero-order valence-electron chi connectivity index (χ0n) is 12.0. The van der Waals surface area contributed by atoms with Crippen molar-refractivity contribution in [1.29, 1.82) is 0 Å². The number of benzene rings is 1. The van der Waals surface area contributed by atoms with Crippen molar-refractivity contribution in [2.45, 2.75) is 32.2 Å². The number of aryl methyl sites for hydroxylation is 3. The van der Waals surface area contributed by atoms with E-state index in [4.69, 9.17) is 21.8 Å². The van der Waals surface area contributed by atoms with E-state index in [2.05, 4.69) is 4.72 Å². The second kappa shape index (κ2) is 5.71. The summed E-state index contributed by atoms with van der Waals surface area (Å²) in [4.78, 5) is 0.0965. The lowest BCUT2D eigenvalue weighted by atomic mass is 10.2. The Balaban J connectivity index is 2.45. The molecule has 114 valence electrons.